The van der Waals surface area contributed by atoms with Crippen LogP contribution >= 0.6 is 0 Å². The zero-order valence-corrected chi connectivity index (χ0v) is 8.59. The van der Waals surface area contributed by atoms with Crippen LogP contribution in [0.25, 0.3) is 0 Å². The monoisotopic (exact) mass is 228 g/mol. The Hall–Kier alpha value is 1.60. The Labute approximate surface area is 80.3 Å². The van der Waals surface area contributed by atoms with Crippen LogP contribution in [0, 0.1) is 0 Å². The maximum Gasteiger partial charge on any atom is 4.00 e. The third-order valence-corrected chi connectivity index (χ3v) is 0. The van der Waals surface area contributed by atoms with Crippen LogP contribution in [0.1, 0.15) is 0 Å². The molecule has 7 heteroatoms. The Morgan fingerprint density at radius 2 is 0.429 bits per heavy atom. The minimum atomic E-state index is 0. The topological polar surface area (TPSA) is 150 Å². The van der Waals surface area contributed by atoms with Crippen LogP contribution in [-0.2, 0) is 0 Å². The summed E-state index contributed by atoms with van der Waals surface area (Å²) in [5, 5.41) is 0. The molecule has 0 aliphatic carbocycles. The van der Waals surface area contributed by atoms with Gasteiger partial charge in [-0.2, -0.15) is 0 Å². The molecular weight excluding hydrogens is 222 g/mol. The first-order chi connectivity index (χ1) is 0. The fourth-order valence-electron chi connectivity index (χ4n) is 0. The van der Waals surface area contributed by atoms with Crippen molar-refractivity contribution in [3.8, 4) is 0 Å². The Morgan fingerprint density at radius 1 is 0.429 bits per heavy atom. The van der Waals surface area contributed by atoms with Crippen molar-refractivity contribution in [3.63, 3.8) is 0 Å². The fraction of sp³-hybridized carbons (Fsp3) is 0. The van der Waals surface area contributed by atoms with Crippen molar-refractivity contribution in [2.75, 3.05) is 0 Å². The molecule has 0 rings (SSSR count). The van der Waals surface area contributed by atoms with Gasteiger partial charge in [0.25, 0.3) is 0 Å². The Kier molecular flexibility index (Phi) is 3590. The zero-order chi connectivity index (χ0) is 0. The summed E-state index contributed by atoms with van der Waals surface area (Å²) in [5.41, 5.74) is 0. The summed E-state index contributed by atoms with van der Waals surface area (Å²) < 4.78 is 0. The first-order valence-corrected chi connectivity index (χ1v) is 0. The van der Waals surface area contributed by atoms with E-state index in [4.69, 9.17) is 0 Å². The zero-order valence-electron chi connectivity index (χ0n) is 3.74. The largest absolute Gasteiger partial charge is 4.00 e. The molecule has 0 amide bonds. The minimum absolute atomic E-state index is 0. The van der Waals surface area contributed by atoms with Crippen molar-refractivity contribution >= 4 is 23.9 Å². The van der Waals surface area contributed by atoms with Gasteiger partial charge >= 0.3 is 53.5 Å². The summed E-state index contributed by atoms with van der Waals surface area (Å²) in [4.78, 5) is 0. The summed E-state index contributed by atoms with van der Waals surface area (Å²) >= 11 is 0. The SMILES string of the molecule is [Na+].[OH-].[OH-].[OH-].[OH-].[OH-].[Sn+4]. The van der Waals surface area contributed by atoms with Crippen molar-refractivity contribution in [2.24, 2.45) is 0 Å². The first-order valence-electron chi connectivity index (χ1n) is 0. The van der Waals surface area contributed by atoms with Gasteiger partial charge < -0.3 is 27.4 Å². The second kappa shape index (κ2) is 129. The molecule has 0 spiro atoms. The predicted molar refractivity (Wildman–Crippen MR) is 15.4 cm³/mol. The Bertz CT molecular complexity index is 8.04. The second-order valence-corrected chi connectivity index (χ2v) is 0. The molecule has 0 saturated heterocycles. The average Bonchev–Trinajstić information content (AvgIpc) is 0. The summed E-state index contributed by atoms with van der Waals surface area (Å²) in [6, 6.07) is 0. The summed E-state index contributed by atoms with van der Waals surface area (Å²) in [7, 11) is 0. The van der Waals surface area contributed by atoms with E-state index in [-0.39, 0.29) is 80.8 Å². The van der Waals surface area contributed by atoms with E-state index in [1.165, 1.54) is 0 Å². The molecule has 5 nitrogen and oxygen atoms in total. The van der Waals surface area contributed by atoms with Gasteiger partial charge in [-0.1, -0.05) is 0 Å². The molecule has 0 radical (unpaired) electrons. The minimum Gasteiger partial charge on any atom is -0.870 e. The average molecular weight is 227 g/mol. The second-order valence-electron chi connectivity index (χ2n) is 0. The van der Waals surface area contributed by atoms with Crippen LogP contribution in [-0.4, -0.2) is 51.3 Å². The number of hydrogen-bond donors (Lipinski definition) is 0. The molecule has 0 fully saturated rings. The Balaban J connectivity index is 0. The van der Waals surface area contributed by atoms with Crippen LogP contribution in [0.15, 0.2) is 0 Å². The molecule has 0 unspecified atom stereocenters. The van der Waals surface area contributed by atoms with Gasteiger partial charge in [0.2, 0.25) is 0 Å². The van der Waals surface area contributed by atoms with Gasteiger partial charge in [0.05, 0.1) is 0 Å². The van der Waals surface area contributed by atoms with Gasteiger partial charge in [-0.05, 0) is 0 Å². The molecule has 5 N–H and O–H groups in total. The van der Waals surface area contributed by atoms with Crippen LogP contribution in [0.2, 0.25) is 0 Å². The number of rotatable bonds is 0. The van der Waals surface area contributed by atoms with E-state index in [0.29, 0.717) is 0 Å². The standard InChI is InChI=1S/Na.5H2O.Sn/h;5*1H2;/q+1;;;;;;+4/p-5. The summed E-state index contributed by atoms with van der Waals surface area (Å²) in [6.45, 7) is 0. The third-order valence-electron chi connectivity index (χ3n) is 0. The smallest absolute Gasteiger partial charge is 0.870 e. The number of hydrogen-bond acceptors (Lipinski definition) is 5. The van der Waals surface area contributed by atoms with E-state index in [9.17, 15) is 0 Å². The molecule has 0 aliphatic heterocycles. The summed E-state index contributed by atoms with van der Waals surface area (Å²) in [6.07, 6.45) is 0. The molecule has 0 aliphatic rings. The van der Waals surface area contributed by atoms with Crippen LogP contribution in [0.3, 0.4) is 0 Å². The molecule has 0 heterocycles. The van der Waals surface area contributed by atoms with Crippen LogP contribution in [0.5, 0.6) is 0 Å². The van der Waals surface area contributed by atoms with Gasteiger partial charge in [0.1, 0.15) is 0 Å². The van der Waals surface area contributed by atoms with Crippen LogP contribution < -0.4 is 29.6 Å². The summed E-state index contributed by atoms with van der Waals surface area (Å²) in [5.74, 6) is 0. The molecule has 40 valence electrons. The predicted octanol–water partition coefficient (Wildman–Crippen LogP) is -4.26. The molecule has 7 heavy (non-hydrogen) atoms. The molecule has 0 aromatic heterocycles. The van der Waals surface area contributed by atoms with Crippen molar-refractivity contribution in [1.82, 2.24) is 0 Å². The molecule has 0 saturated carbocycles. The molecule has 0 aromatic carbocycles. The van der Waals surface area contributed by atoms with Gasteiger partial charge in [-0.3, -0.25) is 0 Å². The van der Waals surface area contributed by atoms with Gasteiger partial charge in [-0.25, -0.2) is 0 Å². The van der Waals surface area contributed by atoms with E-state index in [1.54, 1.807) is 0 Å². The van der Waals surface area contributed by atoms with Gasteiger partial charge in [0.15, 0.2) is 0 Å². The third kappa shape index (κ3) is 93.2. The van der Waals surface area contributed by atoms with E-state index in [0.717, 1.165) is 0 Å². The van der Waals surface area contributed by atoms with E-state index >= 15 is 0 Å². The van der Waals surface area contributed by atoms with Gasteiger partial charge in [-0.15, -0.1) is 0 Å². The molecule has 0 aromatic rings. The normalized spacial score (nSPS) is 0. The molecule has 0 atom stereocenters. The van der Waals surface area contributed by atoms with E-state index in [1.807, 2.05) is 0 Å². The molecular formula is H5NaO5Sn. The van der Waals surface area contributed by atoms with E-state index < -0.39 is 0 Å². The molecule has 0 bridgehead atoms. The van der Waals surface area contributed by atoms with Crippen LogP contribution in [0.4, 0.5) is 0 Å². The quantitative estimate of drug-likeness (QED) is 0.383. The fourth-order valence-corrected chi connectivity index (χ4v) is 0. The maximum absolute atomic E-state index is 0. The van der Waals surface area contributed by atoms with Crippen molar-refractivity contribution in [1.29, 1.82) is 0 Å². The van der Waals surface area contributed by atoms with Crippen molar-refractivity contribution in [3.05, 3.63) is 0 Å². The Morgan fingerprint density at radius 3 is 0.429 bits per heavy atom. The van der Waals surface area contributed by atoms with Gasteiger partial charge in [0, 0.05) is 0 Å². The van der Waals surface area contributed by atoms with Crippen molar-refractivity contribution in [2.45, 2.75) is 0 Å². The maximum atomic E-state index is 0. The first kappa shape index (κ1) is 194. The van der Waals surface area contributed by atoms with E-state index in [2.05, 4.69) is 0 Å². The van der Waals surface area contributed by atoms with Crippen molar-refractivity contribution < 1.29 is 56.9 Å².